The smallest absolute Gasteiger partial charge is 0.147 e. The quantitative estimate of drug-likeness (QED) is 0.825. The van der Waals surface area contributed by atoms with Crippen LogP contribution in [0.2, 0.25) is 0 Å². The van der Waals surface area contributed by atoms with Crippen LogP contribution in [0.4, 0.5) is 11.5 Å². The highest BCUT2D eigenvalue weighted by atomic mass is 15.3. The summed E-state index contributed by atoms with van der Waals surface area (Å²) in [5.74, 6) is 1.75. The molecule has 0 aromatic carbocycles. The van der Waals surface area contributed by atoms with Crippen molar-refractivity contribution in [2.45, 2.75) is 40.0 Å². The molecule has 1 saturated carbocycles. The number of nitrogens with two attached hydrogens (primary N) is 1. The van der Waals surface area contributed by atoms with Gasteiger partial charge in [0.1, 0.15) is 5.82 Å². The summed E-state index contributed by atoms with van der Waals surface area (Å²) in [6, 6.07) is 0. The molecule has 96 valence electrons. The third-order valence-electron chi connectivity index (χ3n) is 3.88. The number of anilines is 2. The molecular weight excluding hydrogens is 212 g/mol. The zero-order chi connectivity index (χ0) is 12.6. The van der Waals surface area contributed by atoms with Crippen molar-refractivity contribution in [1.82, 2.24) is 9.78 Å². The molecule has 3 N–H and O–H groups in total. The first-order valence-electron chi connectivity index (χ1n) is 6.51. The third kappa shape index (κ3) is 2.40. The van der Waals surface area contributed by atoms with Gasteiger partial charge < -0.3 is 11.1 Å². The summed E-state index contributed by atoms with van der Waals surface area (Å²) in [6.07, 6.45) is 3.34. The van der Waals surface area contributed by atoms with Gasteiger partial charge in [-0.15, -0.1) is 0 Å². The molecule has 1 unspecified atom stereocenters. The second kappa shape index (κ2) is 4.24. The van der Waals surface area contributed by atoms with Crippen LogP contribution in [0.3, 0.4) is 0 Å². The van der Waals surface area contributed by atoms with E-state index < -0.39 is 0 Å². The van der Waals surface area contributed by atoms with Crippen LogP contribution in [-0.4, -0.2) is 16.3 Å². The van der Waals surface area contributed by atoms with Gasteiger partial charge in [-0.3, -0.25) is 4.68 Å². The zero-order valence-corrected chi connectivity index (χ0v) is 11.4. The van der Waals surface area contributed by atoms with Crippen LogP contribution in [0, 0.1) is 11.3 Å². The van der Waals surface area contributed by atoms with Crippen LogP contribution in [0.5, 0.6) is 0 Å². The highest BCUT2D eigenvalue weighted by Crippen LogP contribution is 2.51. The summed E-state index contributed by atoms with van der Waals surface area (Å²) in [7, 11) is 1.95. The molecule has 1 aromatic rings. The Kier molecular flexibility index (Phi) is 3.06. The molecule has 0 aliphatic heterocycles. The molecule has 4 heteroatoms. The molecule has 0 spiro atoms. The van der Waals surface area contributed by atoms with Crippen molar-refractivity contribution in [3.8, 4) is 0 Å². The van der Waals surface area contributed by atoms with Gasteiger partial charge in [-0.2, -0.15) is 5.10 Å². The van der Waals surface area contributed by atoms with Gasteiger partial charge in [0, 0.05) is 13.6 Å². The van der Waals surface area contributed by atoms with Crippen molar-refractivity contribution < 1.29 is 0 Å². The molecule has 4 nitrogen and oxygen atoms in total. The Bertz CT molecular complexity index is 406. The lowest BCUT2D eigenvalue weighted by Crippen LogP contribution is -2.11. The van der Waals surface area contributed by atoms with E-state index in [0.29, 0.717) is 5.41 Å². The minimum atomic E-state index is 0.507. The topological polar surface area (TPSA) is 55.9 Å². The molecule has 0 amide bonds. The Morgan fingerprint density at radius 1 is 1.53 bits per heavy atom. The van der Waals surface area contributed by atoms with E-state index in [1.807, 2.05) is 11.7 Å². The summed E-state index contributed by atoms with van der Waals surface area (Å²) in [5, 5.41) is 7.92. The number of aromatic nitrogens is 2. The minimum Gasteiger partial charge on any atom is -0.394 e. The summed E-state index contributed by atoms with van der Waals surface area (Å²) in [4.78, 5) is 0. The predicted octanol–water partition coefficient (Wildman–Crippen LogP) is 2.41. The van der Waals surface area contributed by atoms with E-state index in [9.17, 15) is 0 Å². The Hall–Kier alpha value is -1.19. The lowest BCUT2D eigenvalue weighted by Gasteiger charge is -2.08. The van der Waals surface area contributed by atoms with Gasteiger partial charge in [-0.05, 0) is 24.2 Å². The van der Waals surface area contributed by atoms with Crippen LogP contribution in [0.25, 0.3) is 0 Å². The van der Waals surface area contributed by atoms with E-state index in [-0.39, 0.29) is 0 Å². The second-order valence-corrected chi connectivity index (χ2v) is 5.85. The maximum atomic E-state index is 6.12. The van der Waals surface area contributed by atoms with Crippen molar-refractivity contribution in [1.29, 1.82) is 0 Å². The molecule has 17 heavy (non-hydrogen) atoms. The van der Waals surface area contributed by atoms with Gasteiger partial charge in [0.05, 0.1) is 11.4 Å². The Balaban J connectivity index is 2.00. The number of nitrogen functional groups attached to an aromatic ring is 1. The molecule has 1 aromatic heterocycles. The maximum Gasteiger partial charge on any atom is 0.147 e. The van der Waals surface area contributed by atoms with Crippen LogP contribution in [0.1, 0.15) is 39.3 Å². The lowest BCUT2D eigenvalue weighted by atomic mass is 10.1. The van der Waals surface area contributed by atoms with E-state index in [1.54, 1.807) is 0 Å². The predicted molar refractivity (Wildman–Crippen MR) is 72.0 cm³/mol. The average molecular weight is 236 g/mol. The van der Waals surface area contributed by atoms with Crippen LogP contribution in [-0.2, 0) is 13.5 Å². The summed E-state index contributed by atoms with van der Waals surface area (Å²) >= 11 is 0. The number of hydrogen-bond acceptors (Lipinski definition) is 3. The van der Waals surface area contributed by atoms with Crippen molar-refractivity contribution in [2.75, 3.05) is 17.6 Å². The normalized spacial score (nSPS) is 21.5. The Morgan fingerprint density at radius 3 is 2.71 bits per heavy atom. The van der Waals surface area contributed by atoms with Crippen molar-refractivity contribution in [3.05, 3.63) is 5.69 Å². The molecule has 1 aliphatic rings. The molecule has 1 fully saturated rings. The van der Waals surface area contributed by atoms with Crippen LogP contribution in [0.15, 0.2) is 0 Å². The van der Waals surface area contributed by atoms with Crippen LogP contribution >= 0.6 is 0 Å². The number of nitrogens with one attached hydrogen (secondary N) is 1. The summed E-state index contributed by atoms with van der Waals surface area (Å²) in [5.41, 5.74) is 8.47. The molecule has 1 heterocycles. The van der Waals surface area contributed by atoms with Gasteiger partial charge in [-0.25, -0.2) is 0 Å². The molecule has 0 saturated heterocycles. The van der Waals surface area contributed by atoms with Crippen LogP contribution < -0.4 is 11.1 Å². The van der Waals surface area contributed by atoms with E-state index in [2.05, 4.69) is 31.2 Å². The fraction of sp³-hybridized carbons (Fsp3) is 0.769. The lowest BCUT2D eigenvalue weighted by molar-refractivity contribution is 0.571. The SMILES string of the molecule is CCCc1nn(C)c(NCC2CC2(C)C)c1N. The zero-order valence-electron chi connectivity index (χ0n) is 11.4. The highest BCUT2D eigenvalue weighted by molar-refractivity contribution is 5.65. The van der Waals surface area contributed by atoms with E-state index in [0.717, 1.165) is 42.5 Å². The van der Waals surface area contributed by atoms with Crippen molar-refractivity contribution >= 4 is 11.5 Å². The van der Waals surface area contributed by atoms with Crippen molar-refractivity contribution in [3.63, 3.8) is 0 Å². The maximum absolute atomic E-state index is 6.12. The number of hydrogen-bond donors (Lipinski definition) is 2. The Labute approximate surface area is 104 Å². The molecule has 2 rings (SSSR count). The first-order chi connectivity index (χ1) is 7.95. The van der Waals surface area contributed by atoms with Gasteiger partial charge in [0.2, 0.25) is 0 Å². The second-order valence-electron chi connectivity index (χ2n) is 5.85. The molecule has 0 radical (unpaired) electrons. The first kappa shape index (κ1) is 12.3. The van der Waals surface area contributed by atoms with Gasteiger partial charge >= 0.3 is 0 Å². The van der Waals surface area contributed by atoms with E-state index in [4.69, 9.17) is 5.73 Å². The fourth-order valence-corrected chi connectivity index (χ4v) is 2.37. The van der Waals surface area contributed by atoms with Gasteiger partial charge in [0.25, 0.3) is 0 Å². The summed E-state index contributed by atoms with van der Waals surface area (Å²) in [6.45, 7) is 7.78. The fourth-order valence-electron chi connectivity index (χ4n) is 2.37. The Morgan fingerprint density at radius 2 is 2.18 bits per heavy atom. The van der Waals surface area contributed by atoms with Crippen molar-refractivity contribution in [2.24, 2.45) is 18.4 Å². The monoisotopic (exact) mass is 236 g/mol. The highest BCUT2D eigenvalue weighted by Gasteiger charge is 2.45. The number of aryl methyl sites for hydroxylation is 2. The molecule has 0 bridgehead atoms. The van der Waals surface area contributed by atoms with E-state index >= 15 is 0 Å². The molecule has 1 atom stereocenters. The first-order valence-corrected chi connectivity index (χ1v) is 6.51. The summed E-state index contributed by atoms with van der Waals surface area (Å²) < 4.78 is 1.87. The number of rotatable bonds is 5. The van der Waals surface area contributed by atoms with E-state index in [1.165, 1.54) is 6.42 Å². The minimum absolute atomic E-state index is 0.507. The van der Waals surface area contributed by atoms with Gasteiger partial charge in [-0.1, -0.05) is 27.2 Å². The molecular formula is C13H24N4. The number of nitrogens with zero attached hydrogens (tertiary/aromatic N) is 2. The molecule has 1 aliphatic carbocycles. The average Bonchev–Trinajstić information content (AvgIpc) is 2.76. The largest absolute Gasteiger partial charge is 0.394 e. The standard InChI is InChI=1S/C13H24N4/c1-5-6-10-11(14)12(17(4)16-10)15-8-9-7-13(9,2)3/h9,15H,5-8,14H2,1-4H3. The van der Waals surface area contributed by atoms with Gasteiger partial charge in [0.15, 0.2) is 0 Å². The third-order valence-corrected chi connectivity index (χ3v) is 3.88.